The molecule has 4 rings (SSSR count). The van der Waals surface area contributed by atoms with Gasteiger partial charge in [0.1, 0.15) is 5.69 Å². The summed E-state index contributed by atoms with van der Waals surface area (Å²) in [6.07, 6.45) is 5.20. The average molecular weight is 333 g/mol. The molecule has 0 unspecified atom stereocenters. The first-order valence-corrected chi connectivity index (χ1v) is 9.47. The Morgan fingerprint density at radius 2 is 2.17 bits per heavy atom. The molecule has 0 atom stereocenters. The van der Waals surface area contributed by atoms with Gasteiger partial charge in [-0.1, -0.05) is 6.92 Å². The van der Waals surface area contributed by atoms with Gasteiger partial charge in [0.25, 0.3) is 5.91 Å². The highest BCUT2D eigenvalue weighted by Crippen LogP contribution is 2.49. The zero-order valence-corrected chi connectivity index (χ0v) is 14.3. The number of amides is 2. The van der Waals surface area contributed by atoms with E-state index < -0.39 is 0 Å². The summed E-state index contributed by atoms with van der Waals surface area (Å²) in [7, 11) is 0. The predicted molar refractivity (Wildman–Crippen MR) is 88.1 cm³/mol. The van der Waals surface area contributed by atoms with Crippen molar-refractivity contribution in [3.05, 3.63) is 16.6 Å². The molecule has 1 aromatic heterocycles. The molecule has 0 bridgehead atoms. The maximum absolute atomic E-state index is 12.5. The summed E-state index contributed by atoms with van der Waals surface area (Å²) in [4.78, 5) is 30.6. The molecule has 1 spiro atoms. The van der Waals surface area contributed by atoms with Crippen LogP contribution >= 0.6 is 11.3 Å². The summed E-state index contributed by atoms with van der Waals surface area (Å²) in [6.45, 7) is 4.01. The minimum absolute atomic E-state index is 0.0690. The van der Waals surface area contributed by atoms with Gasteiger partial charge in [-0.15, -0.1) is 11.3 Å². The fraction of sp³-hybridized carbons (Fsp3) is 0.706. The van der Waals surface area contributed by atoms with Crippen LogP contribution in [0.2, 0.25) is 0 Å². The molecule has 2 saturated carbocycles. The van der Waals surface area contributed by atoms with Gasteiger partial charge in [0.05, 0.1) is 5.51 Å². The van der Waals surface area contributed by atoms with Crippen molar-refractivity contribution in [3.63, 3.8) is 0 Å². The lowest BCUT2D eigenvalue weighted by Crippen LogP contribution is -2.52. The van der Waals surface area contributed by atoms with Crippen molar-refractivity contribution in [1.29, 1.82) is 0 Å². The first kappa shape index (κ1) is 15.1. The first-order valence-electron chi connectivity index (χ1n) is 8.52. The van der Waals surface area contributed by atoms with Crippen LogP contribution in [0.15, 0.2) is 10.9 Å². The maximum Gasteiger partial charge on any atom is 0.270 e. The third-order valence-corrected chi connectivity index (χ3v) is 6.42. The van der Waals surface area contributed by atoms with Gasteiger partial charge in [-0.25, -0.2) is 4.98 Å². The van der Waals surface area contributed by atoms with E-state index in [9.17, 15) is 9.59 Å². The number of aromatic nitrogens is 1. The Hall–Kier alpha value is -1.43. The number of likely N-dealkylation sites (tertiary alicyclic amines) is 1. The van der Waals surface area contributed by atoms with Gasteiger partial charge >= 0.3 is 0 Å². The molecule has 2 aliphatic carbocycles. The number of carbonyl (C=O) groups is 2. The highest BCUT2D eigenvalue weighted by atomic mass is 32.1. The Labute approximate surface area is 140 Å². The highest BCUT2D eigenvalue weighted by Gasteiger charge is 2.50. The second kappa shape index (κ2) is 5.58. The van der Waals surface area contributed by atoms with E-state index in [1.165, 1.54) is 11.3 Å². The molecule has 1 saturated heterocycles. The summed E-state index contributed by atoms with van der Waals surface area (Å²) < 4.78 is 0. The lowest BCUT2D eigenvalue weighted by atomic mass is 9.65. The van der Waals surface area contributed by atoms with E-state index in [-0.39, 0.29) is 23.3 Å². The Morgan fingerprint density at radius 1 is 1.39 bits per heavy atom. The molecule has 1 N–H and O–H groups in total. The van der Waals surface area contributed by atoms with Crippen molar-refractivity contribution in [3.8, 4) is 0 Å². The molecule has 124 valence electrons. The molecular weight excluding hydrogens is 310 g/mol. The molecule has 2 heterocycles. The molecule has 0 aromatic carbocycles. The lowest BCUT2D eigenvalue weighted by molar-refractivity contribution is -0.139. The number of hydrogen-bond acceptors (Lipinski definition) is 4. The lowest BCUT2D eigenvalue weighted by Gasteiger charge is -2.45. The van der Waals surface area contributed by atoms with Crippen molar-refractivity contribution in [2.24, 2.45) is 17.3 Å². The quantitative estimate of drug-likeness (QED) is 0.923. The van der Waals surface area contributed by atoms with Gasteiger partial charge in [-0.3, -0.25) is 9.59 Å². The Kier molecular flexibility index (Phi) is 3.67. The smallest absolute Gasteiger partial charge is 0.270 e. The van der Waals surface area contributed by atoms with Gasteiger partial charge in [-0.2, -0.15) is 0 Å². The normalized spacial score (nSPS) is 35.7. The second-order valence-electron chi connectivity index (χ2n) is 7.74. The first-order chi connectivity index (χ1) is 11.0. The van der Waals surface area contributed by atoms with Crippen molar-refractivity contribution < 1.29 is 9.59 Å². The average Bonchev–Trinajstić information content (AvgIpc) is 3.12. The number of nitrogens with one attached hydrogen (secondary N) is 1. The van der Waals surface area contributed by atoms with Gasteiger partial charge in [-0.05, 0) is 43.4 Å². The summed E-state index contributed by atoms with van der Waals surface area (Å²) in [6, 6.07) is 0.239. The monoisotopic (exact) mass is 333 g/mol. The van der Waals surface area contributed by atoms with Crippen molar-refractivity contribution >= 4 is 23.2 Å². The predicted octanol–water partition coefficient (Wildman–Crippen LogP) is 2.30. The van der Waals surface area contributed by atoms with Crippen LogP contribution in [-0.2, 0) is 4.79 Å². The van der Waals surface area contributed by atoms with E-state index in [4.69, 9.17) is 0 Å². The zero-order chi connectivity index (χ0) is 16.0. The maximum atomic E-state index is 12.5. The minimum atomic E-state index is -0.0690. The standard InChI is InChI=1S/C17H23N3O2S/c1-11-4-12(5-11)16(22)20-3-2-17(9-20)6-13(7-17)19-15(21)14-8-23-10-18-14/h8,10-13H,2-7,9H2,1H3,(H,19,21). The fourth-order valence-corrected chi connectivity index (χ4v) is 5.02. The van der Waals surface area contributed by atoms with Gasteiger partial charge in [0.2, 0.25) is 5.91 Å². The van der Waals surface area contributed by atoms with Gasteiger partial charge in [0, 0.05) is 30.4 Å². The van der Waals surface area contributed by atoms with Crippen LogP contribution in [-0.4, -0.2) is 40.8 Å². The van der Waals surface area contributed by atoms with Crippen LogP contribution in [0.1, 0.15) is 49.5 Å². The topological polar surface area (TPSA) is 62.3 Å². The van der Waals surface area contributed by atoms with E-state index in [2.05, 4.69) is 22.1 Å². The van der Waals surface area contributed by atoms with Crippen molar-refractivity contribution in [1.82, 2.24) is 15.2 Å². The molecule has 1 aromatic rings. The summed E-state index contributed by atoms with van der Waals surface area (Å²) in [5.74, 6) is 1.30. The molecule has 0 radical (unpaired) electrons. The number of hydrogen-bond donors (Lipinski definition) is 1. The molecular formula is C17H23N3O2S. The third kappa shape index (κ3) is 2.77. The van der Waals surface area contributed by atoms with E-state index in [0.717, 1.165) is 51.1 Å². The molecule has 3 aliphatic rings. The number of rotatable bonds is 3. The molecule has 1 aliphatic heterocycles. The molecule has 23 heavy (non-hydrogen) atoms. The fourth-order valence-electron chi connectivity index (χ4n) is 4.49. The third-order valence-electron chi connectivity index (χ3n) is 5.83. The van der Waals surface area contributed by atoms with Crippen molar-refractivity contribution in [2.45, 2.75) is 45.1 Å². The van der Waals surface area contributed by atoms with Crippen LogP contribution in [0.3, 0.4) is 0 Å². The Balaban J connectivity index is 1.26. The van der Waals surface area contributed by atoms with Gasteiger partial charge in [0.15, 0.2) is 0 Å². The molecule has 2 amide bonds. The highest BCUT2D eigenvalue weighted by molar-refractivity contribution is 7.07. The second-order valence-corrected chi connectivity index (χ2v) is 8.45. The minimum Gasteiger partial charge on any atom is -0.348 e. The van der Waals surface area contributed by atoms with Crippen LogP contribution in [0.4, 0.5) is 0 Å². The van der Waals surface area contributed by atoms with E-state index >= 15 is 0 Å². The SMILES string of the molecule is CC1CC(C(=O)N2CCC3(CC(NC(=O)c4cscn4)C3)C2)C1. The van der Waals surface area contributed by atoms with E-state index in [1.54, 1.807) is 10.9 Å². The van der Waals surface area contributed by atoms with Crippen LogP contribution in [0, 0.1) is 17.3 Å². The number of thiazole rings is 1. The molecule has 6 heteroatoms. The molecule has 5 nitrogen and oxygen atoms in total. The zero-order valence-electron chi connectivity index (χ0n) is 13.5. The summed E-state index contributed by atoms with van der Waals surface area (Å²) >= 11 is 1.44. The van der Waals surface area contributed by atoms with Gasteiger partial charge < -0.3 is 10.2 Å². The van der Waals surface area contributed by atoms with Crippen LogP contribution in [0.25, 0.3) is 0 Å². The Morgan fingerprint density at radius 3 is 2.83 bits per heavy atom. The number of carbonyl (C=O) groups excluding carboxylic acids is 2. The van der Waals surface area contributed by atoms with Crippen molar-refractivity contribution in [2.75, 3.05) is 13.1 Å². The van der Waals surface area contributed by atoms with E-state index in [1.807, 2.05) is 0 Å². The molecule has 3 fully saturated rings. The largest absolute Gasteiger partial charge is 0.348 e. The van der Waals surface area contributed by atoms with E-state index in [0.29, 0.717) is 11.6 Å². The Bertz CT molecular complexity index is 603. The summed E-state index contributed by atoms with van der Waals surface area (Å²) in [5, 5.41) is 4.84. The summed E-state index contributed by atoms with van der Waals surface area (Å²) in [5.41, 5.74) is 2.45. The van der Waals surface area contributed by atoms with Crippen LogP contribution < -0.4 is 5.32 Å². The van der Waals surface area contributed by atoms with Crippen LogP contribution in [0.5, 0.6) is 0 Å². The number of nitrogens with zero attached hydrogens (tertiary/aromatic N) is 2.